The summed E-state index contributed by atoms with van der Waals surface area (Å²) in [5, 5.41) is 8.59. The summed E-state index contributed by atoms with van der Waals surface area (Å²) >= 11 is 0.955. The molecule has 1 saturated heterocycles. The van der Waals surface area contributed by atoms with Crippen LogP contribution in [0.4, 0.5) is 18.9 Å². The number of thioether (sulfide) groups is 1. The topological polar surface area (TPSA) is 89.0 Å². The van der Waals surface area contributed by atoms with Gasteiger partial charge in [-0.25, -0.2) is 23.1 Å². The molecule has 0 radical (unpaired) electrons. The van der Waals surface area contributed by atoms with E-state index in [1.807, 2.05) is 0 Å². The predicted molar refractivity (Wildman–Crippen MR) is 87.5 cm³/mol. The second kappa shape index (κ2) is 7.96. The highest BCUT2D eigenvalue weighted by Gasteiger charge is 2.20. The SMILES string of the molecule is O=C(CSc1n[nH]c(=O)n1C[C@@H]1CCCO1)Nc1ccc(F)c(F)c1F. The fourth-order valence-electron chi connectivity index (χ4n) is 2.51. The van der Waals surface area contributed by atoms with Crippen LogP contribution in [-0.2, 0) is 16.1 Å². The van der Waals surface area contributed by atoms with E-state index < -0.39 is 34.7 Å². The minimum Gasteiger partial charge on any atom is -0.376 e. The monoisotopic (exact) mass is 388 g/mol. The largest absolute Gasteiger partial charge is 0.376 e. The van der Waals surface area contributed by atoms with E-state index in [1.165, 1.54) is 4.57 Å². The molecule has 1 aliphatic rings. The van der Waals surface area contributed by atoms with Crippen molar-refractivity contribution in [3.05, 3.63) is 40.1 Å². The van der Waals surface area contributed by atoms with Crippen molar-refractivity contribution >= 4 is 23.4 Å². The standard InChI is InChI=1S/C15H15F3N4O3S/c16-9-3-4-10(13(18)12(9)17)19-11(23)7-26-15-21-20-14(24)22(15)6-8-2-1-5-25-8/h3-4,8H,1-2,5-7H2,(H,19,23)(H,20,24)/t8-/m0/s1. The lowest BCUT2D eigenvalue weighted by Gasteiger charge is -2.11. The average Bonchev–Trinajstić information content (AvgIpc) is 3.25. The number of carbonyl (C=O) groups excluding carboxylic acids is 1. The van der Waals surface area contributed by atoms with E-state index in [1.54, 1.807) is 0 Å². The van der Waals surface area contributed by atoms with Gasteiger partial charge in [-0.3, -0.25) is 9.36 Å². The molecule has 1 fully saturated rings. The number of aromatic amines is 1. The number of benzene rings is 1. The van der Waals surface area contributed by atoms with Crippen LogP contribution in [0.15, 0.2) is 22.1 Å². The van der Waals surface area contributed by atoms with Gasteiger partial charge in [-0.15, -0.1) is 5.10 Å². The Kier molecular flexibility index (Phi) is 5.67. The third-order valence-corrected chi connectivity index (χ3v) is 4.75. The number of ether oxygens (including phenoxy) is 1. The van der Waals surface area contributed by atoms with Crippen LogP contribution in [0.3, 0.4) is 0 Å². The molecular weight excluding hydrogens is 373 g/mol. The van der Waals surface area contributed by atoms with Crippen molar-refractivity contribution < 1.29 is 22.7 Å². The quantitative estimate of drug-likeness (QED) is 0.583. The van der Waals surface area contributed by atoms with Crippen LogP contribution in [-0.4, -0.2) is 39.1 Å². The molecule has 2 N–H and O–H groups in total. The molecule has 2 heterocycles. The summed E-state index contributed by atoms with van der Waals surface area (Å²) in [5.74, 6) is -5.33. The van der Waals surface area contributed by atoms with Crippen molar-refractivity contribution in [1.29, 1.82) is 0 Å². The molecule has 11 heteroatoms. The van der Waals surface area contributed by atoms with Crippen LogP contribution >= 0.6 is 11.8 Å². The number of hydrogen-bond acceptors (Lipinski definition) is 5. The summed E-state index contributed by atoms with van der Waals surface area (Å²) in [6, 6.07) is 1.65. The molecule has 7 nitrogen and oxygen atoms in total. The number of halogens is 3. The summed E-state index contributed by atoms with van der Waals surface area (Å²) < 4.78 is 46.5. The molecule has 26 heavy (non-hydrogen) atoms. The van der Waals surface area contributed by atoms with Gasteiger partial charge in [-0.2, -0.15) is 0 Å². The van der Waals surface area contributed by atoms with Gasteiger partial charge < -0.3 is 10.1 Å². The molecule has 1 aromatic carbocycles. The van der Waals surface area contributed by atoms with Crippen molar-refractivity contribution in [2.45, 2.75) is 30.6 Å². The first-order chi connectivity index (χ1) is 12.5. The maximum atomic E-state index is 13.6. The molecule has 2 aromatic rings. The Morgan fingerprint density at radius 3 is 2.92 bits per heavy atom. The Hall–Kier alpha value is -2.27. The highest BCUT2D eigenvalue weighted by molar-refractivity contribution is 7.99. The Bertz CT molecular complexity index is 864. The zero-order valence-electron chi connectivity index (χ0n) is 13.4. The highest BCUT2D eigenvalue weighted by atomic mass is 32.2. The minimum atomic E-state index is -1.66. The van der Waals surface area contributed by atoms with E-state index in [4.69, 9.17) is 4.74 Å². The average molecular weight is 388 g/mol. The van der Waals surface area contributed by atoms with E-state index in [0.29, 0.717) is 19.2 Å². The second-order valence-electron chi connectivity index (χ2n) is 5.62. The Balaban J connectivity index is 1.61. The first kappa shape index (κ1) is 18.5. The maximum Gasteiger partial charge on any atom is 0.344 e. The number of nitrogens with one attached hydrogen (secondary N) is 2. The third kappa shape index (κ3) is 4.10. The van der Waals surface area contributed by atoms with E-state index in [9.17, 15) is 22.8 Å². The zero-order chi connectivity index (χ0) is 18.7. The summed E-state index contributed by atoms with van der Waals surface area (Å²) in [6.45, 7) is 0.957. The number of hydrogen-bond donors (Lipinski definition) is 2. The van der Waals surface area contributed by atoms with Crippen LogP contribution in [0.2, 0.25) is 0 Å². The summed E-state index contributed by atoms with van der Waals surface area (Å²) in [5.41, 5.74) is -0.886. The van der Waals surface area contributed by atoms with E-state index >= 15 is 0 Å². The van der Waals surface area contributed by atoms with Gasteiger partial charge in [0.15, 0.2) is 22.6 Å². The Labute approximate surface area is 149 Å². The molecule has 3 rings (SSSR count). The van der Waals surface area contributed by atoms with Gasteiger partial charge in [-0.1, -0.05) is 11.8 Å². The van der Waals surface area contributed by atoms with Crippen LogP contribution in [0, 0.1) is 17.5 Å². The number of nitrogens with zero attached hydrogens (tertiary/aromatic N) is 2. The maximum absolute atomic E-state index is 13.6. The van der Waals surface area contributed by atoms with Gasteiger partial charge in [0.1, 0.15) is 0 Å². The number of carbonyl (C=O) groups is 1. The lowest BCUT2D eigenvalue weighted by molar-refractivity contribution is -0.113. The molecule has 0 spiro atoms. The molecule has 0 bridgehead atoms. The molecule has 1 amide bonds. The van der Waals surface area contributed by atoms with Gasteiger partial charge >= 0.3 is 5.69 Å². The third-order valence-electron chi connectivity index (χ3n) is 3.78. The van der Waals surface area contributed by atoms with Gasteiger partial charge in [0.2, 0.25) is 5.91 Å². The fraction of sp³-hybridized carbons (Fsp3) is 0.400. The number of anilines is 1. The summed E-state index contributed by atoms with van der Waals surface area (Å²) in [6.07, 6.45) is 1.66. The number of H-pyrrole nitrogens is 1. The molecular formula is C15H15F3N4O3S. The molecule has 0 saturated carbocycles. The predicted octanol–water partition coefficient (Wildman–Crippen LogP) is 1.90. The van der Waals surface area contributed by atoms with Gasteiger partial charge in [0.05, 0.1) is 24.1 Å². The van der Waals surface area contributed by atoms with Gasteiger partial charge in [0.25, 0.3) is 0 Å². The molecule has 1 aromatic heterocycles. The molecule has 1 aliphatic heterocycles. The smallest absolute Gasteiger partial charge is 0.344 e. The zero-order valence-corrected chi connectivity index (χ0v) is 14.2. The van der Waals surface area contributed by atoms with Crippen LogP contribution < -0.4 is 11.0 Å². The first-order valence-corrected chi connectivity index (χ1v) is 8.77. The second-order valence-corrected chi connectivity index (χ2v) is 6.56. The fourth-order valence-corrected chi connectivity index (χ4v) is 3.26. The summed E-state index contributed by atoms with van der Waals surface area (Å²) in [7, 11) is 0. The normalized spacial score (nSPS) is 16.8. The lowest BCUT2D eigenvalue weighted by Crippen LogP contribution is -2.25. The molecule has 1 atom stereocenters. The van der Waals surface area contributed by atoms with Crippen molar-refractivity contribution in [1.82, 2.24) is 14.8 Å². The minimum absolute atomic E-state index is 0.0882. The van der Waals surface area contributed by atoms with Crippen molar-refractivity contribution in [2.24, 2.45) is 0 Å². The molecule has 0 aliphatic carbocycles. The Morgan fingerprint density at radius 2 is 2.19 bits per heavy atom. The number of aromatic nitrogens is 3. The Morgan fingerprint density at radius 1 is 1.38 bits per heavy atom. The number of amides is 1. The highest BCUT2D eigenvalue weighted by Crippen LogP contribution is 2.21. The van der Waals surface area contributed by atoms with E-state index in [0.717, 1.165) is 30.7 Å². The van der Waals surface area contributed by atoms with Gasteiger partial charge in [-0.05, 0) is 25.0 Å². The molecule has 140 valence electrons. The van der Waals surface area contributed by atoms with E-state index in [2.05, 4.69) is 15.5 Å². The molecule has 0 unspecified atom stereocenters. The van der Waals surface area contributed by atoms with Crippen LogP contribution in [0.5, 0.6) is 0 Å². The van der Waals surface area contributed by atoms with E-state index in [-0.39, 0.29) is 17.0 Å². The number of rotatable bonds is 6. The van der Waals surface area contributed by atoms with Crippen molar-refractivity contribution in [2.75, 3.05) is 17.7 Å². The van der Waals surface area contributed by atoms with Crippen LogP contribution in [0.1, 0.15) is 12.8 Å². The van der Waals surface area contributed by atoms with Crippen molar-refractivity contribution in [3.63, 3.8) is 0 Å². The lowest BCUT2D eigenvalue weighted by atomic mass is 10.2. The van der Waals surface area contributed by atoms with Crippen LogP contribution in [0.25, 0.3) is 0 Å². The summed E-state index contributed by atoms with van der Waals surface area (Å²) in [4.78, 5) is 23.8. The van der Waals surface area contributed by atoms with Gasteiger partial charge in [0, 0.05) is 6.61 Å². The van der Waals surface area contributed by atoms with Crippen molar-refractivity contribution in [3.8, 4) is 0 Å². The first-order valence-electron chi connectivity index (χ1n) is 7.78.